The molecule has 1 heterocycles. The monoisotopic (exact) mass is 195 g/mol. The summed E-state index contributed by atoms with van der Waals surface area (Å²) in [5.41, 5.74) is 0.228. The van der Waals surface area contributed by atoms with Crippen molar-refractivity contribution in [2.75, 3.05) is 0 Å². The lowest BCUT2D eigenvalue weighted by Gasteiger charge is -2.35. The van der Waals surface area contributed by atoms with Crippen LogP contribution >= 0.6 is 0 Å². The van der Waals surface area contributed by atoms with Gasteiger partial charge in [-0.05, 0) is 18.8 Å². The molecule has 0 bridgehead atoms. The maximum absolute atomic E-state index is 11.0. The molecule has 1 N–H and O–H groups in total. The van der Waals surface area contributed by atoms with E-state index in [0.29, 0.717) is 18.5 Å². The molecule has 0 saturated carbocycles. The van der Waals surface area contributed by atoms with Crippen LogP contribution in [-0.2, 0) is 4.79 Å². The van der Waals surface area contributed by atoms with Gasteiger partial charge in [-0.3, -0.25) is 4.79 Å². The van der Waals surface area contributed by atoms with E-state index in [9.17, 15) is 4.79 Å². The van der Waals surface area contributed by atoms with Crippen LogP contribution in [0.4, 0.5) is 0 Å². The lowest BCUT2D eigenvalue weighted by atomic mass is 9.83. The first-order chi connectivity index (χ1) is 6.39. The molecule has 80 valence electrons. The minimum absolute atomic E-state index is 0.228. The van der Waals surface area contributed by atoms with Crippen molar-refractivity contribution in [1.82, 2.24) is 5.32 Å². The second-order valence-electron chi connectivity index (χ2n) is 5.28. The van der Waals surface area contributed by atoms with Crippen molar-refractivity contribution in [3.8, 4) is 0 Å². The highest BCUT2D eigenvalue weighted by Gasteiger charge is 2.27. The SMILES string of the molecule is CC(=O)C[C@H]1CC=C[C@H](C(C)(C)C)N1. The number of Topliss-reactive ketones (excluding diaryl/α,β-unsaturated/α-hetero) is 1. The summed E-state index contributed by atoms with van der Waals surface area (Å²) in [4.78, 5) is 11.0. The molecule has 2 heteroatoms. The average molecular weight is 195 g/mol. The van der Waals surface area contributed by atoms with Crippen molar-refractivity contribution in [2.24, 2.45) is 5.41 Å². The van der Waals surface area contributed by atoms with Crippen LogP contribution in [0.3, 0.4) is 0 Å². The van der Waals surface area contributed by atoms with Gasteiger partial charge in [0.05, 0.1) is 0 Å². The van der Waals surface area contributed by atoms with Gasteiger partial charge in [-0.2, -0.15) is 0 Å². The molecule has 0 radical (unpaired) electrons. The Morgan fingerprint density at radius 3 is 2.64 bits per heavy atom. The Hall–Kier alpha value is -0.630. The predicted octanol–water partition coefficient (Wildman–Crippen LogP) is 2.30. The molecule has 0 saturated heterocycles. The summed E-state index contributed by atoms with van der Waals surface area (Å²) >= 11 is 0. The summed E-state index contributed by atoms with van der Waals surface area (Å²) < 4.78 is 0. The number of carbonyl (C=O) groups is 1. The Balaban J connectivity index is 2.56. The highest BCUT2D eigenvalue weighted by molar-refractivity contribution is 5.76. The fourth-order valence-corrected chi connectivity index (χ4v) is 1.78. The number of rotatable bonds is 2. The molecular formula is C12H21NO. The molecule has 0 unspecified atom stereocenters. The summed E-state index contributed by atoms with van der Waals surface area (Å²) in [5, 5.41) is 3.52. The zero-order valence-corrected chi connectivity index (χ0v) is 9.63. The number of hydrogen-bond donors (Lipinski definition) is 1. The Kier molecular flexibility index (Phi) is 3.48. The molecule has 0 aliphatic carbocycles. The number of ketones is 1. The Morgan fingerprint density at radius 2 is 2.14 bits per heavy atom. The summed E-state index contributed by atoms with van der Waals surface area (Å²) in [6.45, 7) is 8.30. The van der Waals surface area contributed by atoms with Crippen LogP contribution < -0.4 is 5.32 Å². The molecule has 0 aromatic carbocycles. The van der Waals surface area contributed by atoms with E-state index in [4.69, 9.17) is 0 Å². The molecule has 14 heavy (non-hydrogen) atoms. The standard InChI is InChI=1S/C12H21NO/c1-9(14)8-10-6-5-7-11(13-10)12(2,3)4/h5,7,10-11,13H,6,8H2,1-4H3/t10-,11-/m1/s1. The van der Waals surface area contributed by atoms with Crippen LogP contribution in [0.15, 0.2) is 12.2 Å². The fraction of sp³-hybridized carbons (Fsp3) is 0.750. The molecule has 2 nitrogen and oxygen atoms in total. The van der Waals surface area contributed by atoms with E-state index in [1.165, 1.54) is 0 Å². The maximum Gasteiger partial charge on any atom is 0.131 e. The molecule has 1 aliphatic rings. The summed E-state index contributed by atoms with van der Waals surface area (Å²) in [6, 6.07) is 0.724. The van der Waals surface area contributed by atoms with Crippen LogP contribution in [0.5, 0.6) is 0 Å². The number of carbonyl (C=O) groups excluding carboxylic acids is 1. The van der Waals surface area contributed by atoms with Gasteiger partial charge in [0.1, 0.15) is 5.78 Å². The molecule has 1 aliphatic heterocycles. The van der Waals surface area contributed by atoms with Crippen molar-refractivity contribution in [1.29, 1.82) is 0 Å². The first-order valence-electron chi connectivity index (χ1n) is 5.32. The maximum atomic E-state index is 11.0. The number of hydrogen-bond acceptors (Lipinski definition) is 2. The second kappa shape index (κ2) is 4.26. The molecule has 0 amide bonds. The summed E-state index contributed by atoms with van der Waals surface area (Å²) in [7, 11) is 0. The highest BCUT2D eigenvalue weighted by Crippen LogP contribution is 2.24. The van der Waals surface area contributed by atoms with Crippen molar-refractivity contribution in [3.63, 3.8) is 0 Å². The van der Waals surface area contributed by atoms with Crippen LogP contribution in [0.2, 0.25) is 0 Å². The summed E-state index contributed by atoms with van der Waals surface area (Å²) in [6.07, 6.45) is 6.04. The van der Waals surface area contributed by atoms with Crippen molar-refractivity contribution >= 4 is 5.78 Å². The minimum atomic E-state index is 0.228. The van der Waals surface area contributed by atoms with Gasteiger partial charge >= 0.3 is 0 Å². The first-order valence-corrected chi connectivity index (χ1v) is 5.32. The third-order valence-corrected chi connectivity index (χ3v) is 2.63. The van der Waals surface area contributed by atoms with Gasteiger partial charge in [-0.25, -0.2) is 0 Å². The zero-order valence-electron chi connectivity index (χ0n) is 9.63. The van der Waals surface area contributed by atoms with E-state index >= 15 is 0 Å². The quantitative estimate of drug-likeness (QED) is 0.685. The van der Waals surface area contributed by atoms with Gasteiger partial charge in [-0.1, -0.05) is 32.9 Å². The second-order valence-corrected chi connectivity index (χ2v) is 5.28. The molecule has 0 aromatic heterocycles. The van der Waals surface area contributed by atoms with Crippen molar-refractivity contribution in [2.45, 2.75) is 52.6 Å². The molecule has 0 fully saturated rings. The van der Waals surface area contributed by atoms with E-state index in [-0.39, 0.29) is 11.2 Å². The van der Waals surface area contributed by atoms with Gasteiger partial charge in [0, 0.05) is 18.5 Å². The third-order valence-electron chi connectivity index (χ3n) is 2.63. The van der Waals surface area contributed by atoms with Crippen molar-refractivity contribution < 1.29 is 4.79 Å². The first kappa shape index (κ1) is 11.4. The van der Waals surface area contributed by atoms with Crippen LogP contribution in [0.1, 0.15) is 40.5 Å². The zero-order chi connectivity index (χ0) is 10.8. The smallest absolute Gasteiger partial charge is 0.131 e. The van der Waals surface area contributed by atoms with E-state index in [0.717, 1.165) is 6.42 Å². The van der Waals surface area contributed by atoms with Crippen LogP contribution in [-0.4, -0.2) is 17.9 Å². The topological polar surface area (TPSA) is 29.1 Å². The predicted molar refractivity (Wildman–Crippen MR) is 59.2 cm³/mol. The van der Waals surface area contributed by atoms with Crippen LogP contribution in [0.25, 0.3) is 0 Å². The van der Waals surface area contributed by atoms with E-state index in [1.807, 2.05) is 0 Å². The third kappa shape index (κ3) is 3.26. The van der Waals surface area contributed by atoms with Gasteiger partial charge < -0.3 is 5.32 Å². The normalized spacial score (nSPS) is 27.7. The minimum Gasteiger partial charge on any atom is -0.307 e. The number of nitrogens with one attached hydrogen (secondary N) is 1. The van der Waals surface area contributed by atoms with Gasteiger partial charge in [0.2, 0.25) is 0 Å². The summed E-state index contributed by atoms with van der Waals surface area (Å²) in [5.74, 6) is 0.269. The van der Waals surface area contributed by atoms with Gasteiger partial charge in [0.25, 0.3) is 0 Å². The highest BCUT2D eigenvalue weighted by atomic mass is 16.1. The molecule has 2 atom stereocenters. The molecule has 0 aromatic rings. The Labute approximate surface area is 86.8 Å². The lowest BCUT2D eigenvalue weighted by Crippen LogP contribution is -2.47. The van der Waals surface area contributed by atoms with E-state index < -0.39 is 0 Å². The largest absolute Gasteiger partial charge is 0.307 e. The molecular weight excluding hydrogens is 174 g/mol. The van der Waals surface area contributed by atoms with E-state index in [1.54, 1.807) is 6.92 Å². The Bertz CT molecular complexity index is 237. The average Bonchev–Trinajstić information content (AvgIpc) is 2.01. The van der Waals surface area contributed by atoms with Gasteiger partial charge in [0.15, 0.2) is 0 Å². The Morgan fingerprint density at radius 1 is 1.50 bits per heavy atom. The molecule has 0 spiro atoms. The van der Waals surface area contributed by atoms with Crippen molar-refractivity contribution in [3.05, 3.63) is 12.2 Å². The molecule has 1 rings (SSSR count). The van der Waals surface area contributed by atoms with E-state index in [2.05, 4.69) is 38.2 Å². The van der Waals surface area contributed by atoms with Crippen LogP contribution in [0, 0.1) is 5.41 Å². The van der Waals surface area contributed by atoms with Gasteiger partial charge in [-0.15, -0.1) is 0 Å². The fourth-order valence-electron chi connectivity index (χ4n) is 1.78. The lowest BCUT2D eigenvalue weighted by molar-refractivity contribution is -0.117.